The highest BCUT2D eigenvalue weighted by Crippen LogP contribution is 2.14. The lowest BCUT2D eigenvalue weighted by Gasteiger charge is -2.29. The van der Waals surface area contributed by atoms with Crippen LogP contribution in [0.25, 0.3) is 0 Å². The molecule has 3 rings (SSSR count). The first-order chi connectivity index (χ1) is 14.5. The first kappa shape index (κ1) is 21.8. The van der Waals surface area contributed by atoms with E-state index in [1.165, 1.54) is 17.0 Å². The third-order valence-electron chi connectivity index (χ3n) is 5.07. The Kier molecular flexibility index (Phi) is 7.79. The zero-order valence-electron chi connectivity index (χ0n) is 17.1. The molecule has 30 heavy (non-hydrogen) atoms. The van der Waals surface area contributed by atoms with Crippen molar-refractivity contribution in [3.05, 3.63) is 66.0 Å². The second kappa shape index (κ2) is 10.7. The summed E-state index contributed by atoms with van der Waals surface area (Å²) in [5.74, 6) is -0.377. The SMILES string of the molecule is C[C@@H](C(=O)NC[C@H]1CCCO1)N(Cc1ccc(F)cc1)C(=O)COc1ccccc1. The van der Waals surface area contributed by atoms with Gasteiger partial charge in [-0.1, -0.05) is 30.3 Å². The highest BCUT2D eigenvalue weighted by atomic mass is 19.1. The molecular weight excluding hydrogens is 387 g/mol. The van der Waals surface area contributed by atoms with Crippen molar-refractivity contribution >= 4 is 11.8 Å². The molecule has 6 nitrogen and oxygen atoms in total. The molecule has 0 unspecified atom stereocenters. The predicted molar refractivity (Wildman–Crippen MR) is 110 cm³/mol. The molecule has 0 spiro atoms. The van der Waals surface area contributed by atoms with Crippen LogP contribution in [0.4, 0.5) is 4.39 Å². The van der Waals surface area contributed by atoms with Gasteiger partial charge in [0.1, 0.15) is 17.6 Å². The minimum Gasteiger partial charge on any atom is -0.484 e. The van der Waals surface area contributed by atoms with Gasteiger partial charge < -0.3 is 19.7 Å². The van der Waals surface area contributed by atoms with Gasteiger partial charge in [-0.15, -0.1) is 0 Å². The summed E-state index contributed by atoms with van der Waals surface area (Å²) in [6, 6.07) is 14.2. The first-order valence-electron chi connectivity index (χ1n) is 10.1. The normalized spacial score (nSPS) is 16.7. The minimum atomic E-state index is -0.719. The minimum absolute atomic E-state index is 0.0174. The third kappa shape index (κ3) is 6.29. The van der Waals surface area contributed by atoms with Gasteiger partial charge in [0.15, 0.2) is 6.61 Å². The maximum atomic E-state index is 13.2. The lowest BCUT2D eigenvalue weighted by Crippen LogP contribution is -2.50. The van der Waals surface area contributed by atoms with Gasteiger partial charge in [-0.05, 0) is 49.6 Å². The molecule has 1 fully saturated rings. The summed E-state index contributed by atoms with van der Waals surface area (Å²) < 4.78 is 24.4. The molecule has 2 atom stereocenters. The third-order valence-corrected chi connectivity index (χ3v) is 5.07. The van der Waals surface area contributed by atoms with Gasteiger partial charge in [0.25, 0.3) is 5.91 Å². The van der Waals surface area contributed by atoms with Crippen molar-refractivity contribution in [1.29, 1.82) is 0 Å². The average molecular weight is 414 g/mol. The summed E-state index contributed by atoms with van der Waals surface area (Å²) in [6.45, 7) is 2.78. The van der Waals surface area contributed by atoms with Gasteiger partial charge in [-0.25, -0.2) is 4.39 Å². The number of ether oxygens (including phenoxy) is 2. The molecule has 1 N–H and O–H groups in total. The number of nitrogens with one attached hydrogen (secondary N) is 1. The Morgan fingerprint density at radius 1 is 1.20 bits per heavy atom. The monoisotopic (exact) mass is 414 g/mol. The number of hydrogen-bond acceptors (Lipinski definition) is 4. The van der Waals surface area contributed by atoms with Crippen LogP contribution in [0.2, 0.25) is 0 Å². The van der Waals surface area contributed by atoms with Crippen LogP contribution < -0.4 is 10.1 Å². The lowest BCUT2D eigenvalue weighted by molar-refractivity contribution is -0.142. The van der Waals surface area contributed by atoms with Gasteiger partial charge in [0.2, 0.25) is 5.91 Å². The second-order valence-corrected chi connectivity index (χ2v) is 7.31. The van der Waals surface area contributed by atoms with Crippen LogP contribution in [0.3, 0.4) is 0 Å². The first-order valence-corrected chi connectivity index (χ1v) is 10.1. The average Bonchev–Trinajstić information content (AvgIpc) is 3.29. The van der Waals surface area contributed by atoms with Crippen molar-refractivity contribution < 1.29 is 23.5 Å². The van der Waals surface area contributed by atoms with Crippen molar-refractivity contribution in [1.82, 2.24) is 10.2 Å². The molecule has 7 heteroatoms. The Hall–Kier alpha value is -2.93. The summed E-state index contributed by atoms with van der Waals surface area (Å²) in [7, 11) is 0. The van der Waals surface area contributed by atoms with Crippen molar-refractivity contribution in [3.63, 3.8) is 0 Å². The number of halogens is 1. The number of nitrogens with zero attached hydrogens (tertiary/aromatic N) is 1. The van der Waals surface area contributed by atoms with E-state index in [-0.39, 0.29) is 36.9 Å². The molecule has 160 valence electrons. The molecule has 0 aliphatic carbocycles. The Morgan fingerprint density at radius 3 is 2.60 bits per heavy atom. The Balaban J connectivity index is 1.65. The largest absolute Gasteiger partial charge is 0.484 e. The molecule has 2 amide bonds. The molecule has 1 heterocycles. The fourth-order valence-electron chi connectivity index (χ4n) is 3.28. The number of amides is 2. The zero-order valence-corrected chi connectivity index (χ0v) is 17.1. The van der Waals surface area contributed by atoms with Gasteiger partial charge >= 0.3 is 0 Å². The van der Waals surface area contributed by atoms with E-state index in [9.17, 15) is 14.0 Å². The molecule has 0 radical (unpaired) electrons. The van der Waals surface area contributed by atoms with E-state index >= 15 is 0 Å². The predicted octanol–water partition coefficient (Wildman–Crippen LogP) is 2.92. The number of carbonyl (C=O) groups excluding carboxylic acids is 2. The zero-order chi connectivity index (χ0) is 21.3. The number of para-hydroxylation sites is 1. The molecule has 2 aromatic carbocycles. The van der Waals surface area contributed by atoms with Crippen molar-refractivity contribution in [2.75, 3.05) is 19.8 Å². The van der Waals surface area contributed by atoms with Crippen LogP contribution in [-0.2, 0) is 20.9 Å². The van der Waals surface area contributed by atoms with Gasteiger partial charge in [0.05, 0.1) is 6.10 Å². The van der Waals surface area contributed by atoms with E-state index in [0.29, 0.717) is 18.9 Å². The summed E-state index contributed by atoms with van der Waals surface area (Å²) in [4.78, 5) is 27.1. The summed E-state index contributed by atoms with van der Waals surface area (Å²) in [5, 5.41) is 2.87. The number of rotatable bonds is 9. The van der Waals surface area contributed by atoms with Gasteiger partial charge in [0, 0.05) is 19.7 Å². The van der Waals surface area contributed by atoms with Gasteiger partial charge in [-0.3, -0.25) is 9.59 Å². The molecule has 1 aliphatic heterocycles. The van der Waals surface area contributed by atoms with E-state index in [4.69, 9.17) is 9.47 Å². The van der Waals surface area contributed by atoms with E-state index < -0.39 is 6.04 Å². The lowest BCUT2D eigenvalue weighted by atomic mass is 10.1. The Labute approximate surface area is 176 Å². The van der Waals surface area contributed by atoms with Crippen LogP contribution in [0.5, 0.6) is 5.75 Å². The van der Waals surface area contributed by atoms with E-state index in [2.05, 4.69) is 5.32 Å². The number of benzene rings is 2. The maximum absolute atomic E-state index is 13.2. The fraction of sp³-hybridized carbons (Fsp3) is 0.391. The molecule has 0 aromatic heterocycles. The maximum Gasteiger partial charge on any atom is 0.261 e. The smallest absolute Gasteiger partial charge is 0.261 e. The molecule has 2 aromatic rings. The van der Waals surface area contributed by atoms with Crippen LogP contribution in [0.1, 0.15) is 25.3 Å². The quantitative estimate of drug-likeness (QED) is 0.685. The fourth-order valence-corrected chi connectivity index (χ4v) is 3.28. The number of hydrogen-bond donors (Lipinski definition) is 1. The van der Waals surface area contributed by atoms with Crippen molar-refractivity contribution in [2.45, 2.75) is 38.5 Å². The van der Waals surface area contributed by atoms with Crippen LogP contribution in [-0.4, -0.2) is 48.6 Å². The second-order valence-electron chi connectivity index (χ2n) is 7.31. The summed E-state index contributed by atoms with van der Waals surface area (Å²) >= 11 is 0. The Bertz CT molecular complexity index is 823. The van der Waals surface area contributed by atoms with Crippen LogP contribution in [0.15, 0.2) is 54.6 Å². The van der Waals surface area contributed by atoms with Crippen LogP contribution >= 0.6 is 0 Å². The van der Waals surface area contributed by atoms with Crippen molar-refractivity contribution in [3.8, 4) is 5.75 Å². The molecule has 0 bridgehead atoms. The molecule has 1 saturated heterocycles. The summed E-state index contributed by atoms with van der Waals surface area (Å²) in [5.41, 5.74) is 0.725. The van der Waals surface area contributed by atoms with Gasteiger partial charge in [-0.2, -0.15) is 0 Å². The Morgan fingerprint density at radius 2 is 1.93 bits per heavy atom. The highest BCUT2D eigenvalue weighted by Gasteiger charge is 2.27. The molecule has 1 aliphatic rings. The van der Waals surface area contributed by atoms with Crippen LogP contribution in [0, 0.1) is 5.82 Å². The van der Waals surface area contributed by atoms with E-state index in [1.807, 2.05) is 18.2 Å². The standard InChI is InChI=1S/C23H27FN2O4/c1-17(23(28)25-14-21-8-5-13-29-21)26(15-18-9-11-19(24)12-10-18)22(27)16-30-20-6-3-2-4-7-20/h2-4,6-7,9-12,17,21H,5,8,13-16H2,1H3,(H,25,28)/t17-,21+/m0/s1. The van der Waals surface area contributed by atoms with E-state index in [1.54, 1.807) is 31.2 Å². The van der Waals surface area contributed by atoms with E-state index in [0.717, 1.165) is 18.4 Å². The molecule has 0 saturated carbocycles. The highest BCUT2D eigenvalue weighted by molar-refractivity contribution is 5.88. The van der Waals surface area contributed by atoms with Crippen molar-refractivity contribution in [2.24, 2.45) is 0 Å². The summed E-state index contributed by atoms with van der Waals surface area (Å²) in [6.07, 6.45) is 1.92. The number of carbonyl (C=O) groups is 2. The topological polar surface area (TPSA) is 67.9 Å². The molecular formula is C23H27FN2O4.